The van der Waals surface area contributed by atoms with Gasteiger partial charge in [-0.2, -0.15) is 0 Å². The van der Waals surface area contributed by atoms with Crippen LogP contribution < -0.4 is 10.2 Å². The van der Waals surface area contributed by atoms with Crippen molar-refractivity contribution in [2.75, 3.05) is 31.1 Å². The molecule has 3 aromatic rings. The average Bonchev–Trinajstić information content (AvgIpc) is 3.30. The molecule has 30 heavy (non-hydrogen) atoms. The molecule has 0 unspecified atom stereocenters. The first-order chi connectivity index (χ1) is 14.6. The molecule has 156 valence electrons. The third-order valence-corrected chi connectivity index (χ3v) is 6.55. The van der Waals surface area contributed by atoms with E-state index in [2.05, 4.69) is 63.8 Å². The summed E-state index contributed by atoms with van der Waals surface area (Å²) < 4.78 is 13.2. The van der Waals surface area contributed by atoms with E-state index in [9.17, 15) is 9.18 Å². The van der Waals surface area contributed by atoms with Gasteiger partial charge >= 0.3 is 0 Å². The number of carbonyl (C=O) groups excluding carboxylic acids is 1. The van der Waals surface area contributed by atoms with E-state index in [0.717, 1.165) is 26.2 Å². The summed E-state index contributed by atoms with van der Waals surface area (Å²) in [4.78, 5) is 18.8. The molecule has 6 heteroatoms. The Morgan fingerprint density at radius 2 is 1.67 bits per heavy atom. The number of piperazine rings is 1. The van der Waals surface area contributed by atoms with Crippen LogP contribution >= 0.6 is 11.3 Å². The van der Waals surface area contributed by atoms with E-state index >= 15 is 0 Å². The molecule has 1 amide bonds. The summed E-state index contributed by atoms with van der Waals surface area (Å²) in [6.07, 6.45) is 0. The zero-order valence-corrected chi connectivity index (χ0v) is 17.8. The van der Waals surface area contributed by atoms with Crippen molar-refractivity contribution in [3.63, 3.8) is 0 Å². The minimum absolute atomic E-state index is 0.0792. The predicted octanol–water partition coefficient (Wildman–Crippen LogP) is 4.57. The Morgan fingerprint density at radius 1 is 0.967 bits per heavy atom. The second kappa shape index (κ2) is 9.41. The van der Waals surface area contributed by atoms with Gasteiger partial charge in [-0.3, -0.25) is 9.69 Å². The maximum atomic E-state index is 13.2. The number of hydrogen-bond donors (Lipinski definition) is 1. The van der Waals surface area contributed by atoms with Gasteiger partial charge in [0.2, 0.25) is 0 Å². The lowest BCUT2D eigenvalue weighted by molar-refractivity contribution is 0.0890. The molecular formula is C24H26FN3OS. The molecule has 1 fully saturated rings. The maximum Gasteiger partial charge on any atom is 0.251 e. The first kappa shape index (κ1) is 20.6. The highest BCUT2D eigenvalue weighted by molar-refractivity contribution is 7.10. The first-order valence-corrected chi connectivity index (χ1v) is 11.1. The first-order valence-electron chi connectivity index (χ1n) is 10.3. The molecule has 4 rings (SSSR count). The summed E-state index contributed by atoms with van der Waals surface area (Å²) in [6.45, 7) is 5.80. The average molecular weight is 424 g/mol. The molecular weight excluding hydrogens is 397 g/mol. The van der Waals surface area contributed by atoms with Gasteiger partial charge < -0.3 is 10.2 Å². The van der Waals surface area contributed by atoms with E-state index in [1.165, 1.54) is 34.8 Å². The quantitative estimate of drug-likeness (QED) is 0.631. The Morgan fingerprint density at radius 3 is 2.30 bits per heavy atom. The van der Waals surface area contributed by atoms with E-state index < -0.39 is 0 Å². The van der Waals surface area contributed by atoms with Gasteiger partial charge in [0, 0.05) is 48.3 Å². The second-order valence-electron chi connectivity index (χ2n) is 7.59. The van der Waals surface area contributed by atoms with E-state index in [-0.39, 0.29) is 23.8 Å². The van der Waals surface area contributed by atoms with E-state index in [1.54, 1.807) is 11.3 Å². The number of carbonyl (C=O) groups is 1. The maximum absolute atomic E-state index is 13.2. The van der Waals surface area contributed by atoms with Crippen molar-refractivity contribution in [1.29, 1.82) is 0 Å². The number of nitrogens with zero attached hydrogens (tertiary/aromatic N) is 2. The lowest BCUT2D eigenvalue weighted by Crippen LogP contribution is -2.52. The van der Waals surface area contributed by atoms with Crippen molar-refractivity contribution in [3.05, 3.63) is 88.4 Å². The van der Waals surface area contributed by atoms with E-state index in [0.29, 0.717) is 5.56 Å². The molecule has 1 aliphatic heterocycles. The predicted molar refractivity (Wildman–Crippen MR) is 121 cm³/mol. The summed E-state index contributed by atoms with van der Waals surface area (Å²) in [5.74, 6) is -0.515. The van der Waals surface area contributed by atoms with E-state index in [4.69, 9.17) is 0 Å². The summed E-state index contributed by atoms with van der Waals surface area (Å²) in [7, 11) is 0. The summed E-state index contributed by atoms with van der Waals surface area (Å²) in [6, 6.07) is 20.4. The molecule has 0 bridgehead atoms. The highest BCUT2D eigenvalue weighted by Gasteiger charge is 2.31. The third kappa shape index (κ3) is 4.71. The van der Waals surface area contributed by atoms with Gasteiger partial charge in [-0.25, -0.2) is 4.39 Å². The number of para-hydroxylation sites is 1. The number of halogens is 1. The molecule has 2 aromatic carbocycles. The molecule has 1 saturated heterocycles. The van der Waals surface area contributed by atoms with Gasteiger partial charge in [0.15, 0.2) is 0 Å². The van der Waals surface area contributed by atoms with Gasteiger partial charge in [0.05, 0.1) is 6.04 Å². The minimum Gasteiger partial charge on any atom is -0.369 e. The fourth-order valence-corrected chi connectivity index (χ4v) is 5.03. The fourth-order valence-electron chi connectivity index (χ4n) is 4.07. The Hall–Kier alpha value is -2.70. The molecule has 2 atom stereocenters. The summed E-state index contributed by atoms with van der Waals surface area (Å²) in [5.41, 5.74) is 1.73. The van der Waals surface area contributed by atoms with Crippen molar-refractivity contribution in [2.45, 2.75) is 19.0 Å². The van der Waals surface area contributed by atoms with Gasteiger partial charge in [0.1, 0.15) is 5.82 Å². The van der Waals surface area contributed by atoms with Crippen molar-refractivity contribution < 1.29 is 9.18 Å². The Labute approximate surface area is 180 Å². The van der Waals surface area contributed by atoms with Gasteiger partial charge in [0.25, 0.3) is 5.91 Å². The molecule has 0 saturated carbocycles. The van der Waals surface area contributed by atoms with Crippen LogP contribution in [0.2, 0.25) is 0 Å². The number of hydrogen-bond acceptors (Lipinski definition) is 4. The van der Waals surface area contributed by atoms with Crippen molar-refractivity contribution in [2.24, 2.45) is 0 Å². The highest BCUT2D eigenvalue weighted by atomic mass is 32.1. The number of thiophene rings is 1. The monoisotopic (exact) mass is 423 g/mol. The van der Waals surface area contributed by atoms with Gasteiger partial charge in [-0.1, -0.05) is 24.3 Å². The smallest absolute Gasteiger partial charge is 0.251 e. The normalized spacial score (nSPS) is 16.8. The van der Waals surface area contributed by atoms with Crippen LogP contribution in [-0.4, -0.2) is 43.0 Å². The topological polar surface area (TPSA) is 35.6 Å². The number of anilines is 1. The molecule has 0 spiro atoms. The van der Waals surface area contributed by atoms with Crippen LogP contribution in [0.1, 0.15) is 28.2 Å². The van der Waals surface area contributed by atoms with Crippen LogP contribution in [0.5, 0.6) is 0 Å². The highest BCUT2D eigenvalue weighted by Crippen LogP contribution is 2.30. The lowest BCUT2D eigenvalue weighted by Gasteiger charge is -2.42. The molecule has 1 aromatic heterocycles. The number of benzene rings is 2. The van der Waals surface area contributed by atoms with Crippen molar-refractivity contribution in [3.8, 4) is 0 Å². The largest absolute Gasteiger partial charge is 0.369 e. The summed E-state index contributed by atoms with van der Waals surface area (Å²) >= 11 is 1.72. The van der Waals surface area contributed by atoms with E-state index in [1.807, 2.05) is 6.07 Å². The Balaban J connectivity index is 1.46. The SMILES string of the molecule is C[C@@H](NC(=O)c1ccc(F)cc1)[C@@H](c1cccs1)N1CCN(c2ccccc2)CC1. The van der Waals surface area contributed by atoms with Crippen molar-refractivity contribution in [1.82, 2.24) is 10.2 Å². The standard InChI is InChI=1S/C24H26FN3OS/c1-18(26-24(29)19-9-11-20(25)12-10-19)23(22-8-5-17-30-22)28-15-13-27(14-16-28)21-6-3-2-4-7-21/h2-12,17-18,23H,13-16H2,1H3,(H,26,29)/t18-,23+/m1/s1. The Bertz CT molecular complexity index is 938. The molecule has 1 aliphatic rings. The van der Waals surface area contributed by atoms with Crippen LogP contribution in [0.4, 0.5) is 10.1 Å². The molecule has 1 N–H and O–H groups in total. The third-order valence-electron chi connectivity index (χ3n) is 5.60. The zero-order valence-electron chi connectivity index (χ0n) is 17.0. The summed E-state index contributed by atoms with van der Waals surface area (Å²) in [5, 5.41) is 5.21. The number of amides is 1. The molecule has 4 nitrogen and oxygen atoms in total. The molecule has 0 aliphatic carbocycles. The van der Waals surface area contributed by atoms with Crippen molar-refractivity contribution >= 4 is 22.9 Å². The van der Waals surface area contributed by atoms with Crippen LogP contribution in [-0.2, 0) is 0 Å². The van der Waals surface area contributed by atoms with Crippen LogP contribution in [0.15, 0.2) is 72.1 Å². The van der Waals surface area contributed by atoms with Gasteiger partial charge in [-0.05, 0) is 54.8 Å². The second-order valence-corrected chi connectivity index (χ2v) is 8.57. The number of nitrogens with one attached hydrogen (secondary N) is 1. The molecule has 2 heterocycles. The van der Waals surface area contributed by atoms with Crippen LogP contribution in [0.25, 0.3) is 0 Å². The number of rotatable bonds is 6. The van der Waals surface area contributed by atoms with Crippen LogP contribution in [0.3, 0.4) is 0 Å². The molecule has 0 radical (unpaired) electrons. The van der Waals surface area contributed by atoms with Crippen LogP contribution in [0, 0.1) is 5.82 Å². The minimum atomic E-state index is -0.340. The zero-order chi connectivity index (χ0) is 20.9. The lowest BCUT2D eigenvalue weighted by atomic mass is 10.0. The fraction of sp³-hybridized carbons (Fsp3) is 0.292. The van der Waals surface area contributed by atoms with Gasteiger partial charge in [-0.15, -0.1) is 11.3 Å². The Kier molecular flexibility index (Phi) is 6.45.